The van der Waals surface area contributed by atoms with Gasteiger partial charge in [0.05, 0.1) is 5.69 Å². The van der Waals surface area contributed by atoms with E-state index in [0.29, 0.717) is 23.6 Å². The second kappa shape index (κ2) is 5.56. The molecule has 0 spiro atoms. The van der Waals surface area contributed by atoms with Gasteiger partial charge in [-0.1, -0.05) is 41.6 Å². The molecule has 0 N–H and O–H groups in total. The van der Waals surface area contributed by atoms with E-state index in [1.54, 1.807) is 13.8 Å². The van der Waals surface area contributed by atoms with Crippen LogP contribution in [0.15, 0.2) is 40.9 Å². The molecular weight excluding hydrogens is 264 g/mol. The standard InChI is InChI=1S/C17H18N2O2/c1-12-16(13(2)21-18-12)17(20)19-10-8-15(9-11-19)14-6-4-3-5-7-14/h3-8H,9-11H2,1-2H3. The van der Waals surface area contributed by atoms with Crippen molar-refractivity contribution in [3.8, 4) is 0 Å². The van der Waals surface area contributed by atoms with E-state index in [4.69, 9.17) is 4.52 Å². The number of benzene rings is 1. The Kier molecular flexibility index (Phi) is 3.60. The SMILES string of the molecule is Cc1noc(C)c1C(=O)N1CC=C(c2ccccc2)CC1. The van der Waals surface area contributed by atoms with Gasteiger partial charge < -0.3 is 9.42 Å². The smallest absolute Gasteiger partial charge is 0.259 e. The van der Waals surface area contributed by atoms with Gasteiger partial charge in [-0.05, 0) is 31.4 Å². The molecule has 1 aliphatic rings. The summed E-state index contributed by atoms with van der Waals surface area (Å²) in [4.78, 5) is 14.4. The third-order valence-electron chi connectivity index (χ3n) is 3.89. The number of aromatic nitrogens is 1. The van der Waals surface area contributed by atoms with Crippen molar-refractivity contribution in [1.82, 2.24) is 10.1 Å². The number of amides is 1. The Labute approximate surface area is 124 Å². The molecule has 1 aliphatic heterocycles. The average molecular weight is 282 g/mol. The van der Waals surface area contributed by atoms with E-state index < -0.39 is 0 Å². The van der Waals surface area contributed by atoms with Gasteiger partial charge in [0.1, 0.15) is 11.3 Å². The van der Waals surface area contributed by atoms with Gasteiger partial charge in [-0.3, -0.25) is 4.79 Å². The van der Waals surface area contributed by atoms with Crippen molar-refractivity contribution in [3.63, 3.8) is 0 Å². The monoisotopic (exact) mass is 282 g/mol. The highest BCUT2D eigenvalue weighted by atomic mass is 16.5. The quantitative estimate of drug-likeness (QED) is 0.849. The first-order chi connectivity index (χ1) is 10.2. The van der Waals surface area contributed by atoms with Gasteiger partial charge in [0.15, 0.2) is 0 Å². The molecule has 3 rings (SSSR count). The first-order valence-electron chi connectivity index (χ1n) is 7.13. The number of aryl methyl sites for hydroxylation is 2. The number of hydrogen-bond donors (Lipinski definition) is 0. The highest BCUT2D eigenvalue weighted by Gasteiger charge is 2.24. The molecular formula is C17H18N2O2. The molecule has 0 bridgehead atoms. The fourth-order valence-electron chi connectivity index (χ4n) is 2.71. The minimum atomic E-state index is 0.00890. The zero-order valence-corrected chi connectivity index (χ0v) is 12.3. The van der Waals surface area contributed by atoms with Crippen LogP contribution in [0.2, 0.25) is 0 Å². The molecule has 1 aromatic heterocycles. The molecule has 2 aromatic rings. The summed E-state index contributed by atoms with van der Waals surface area (Å²) < 4.78 is 5.08. The Hall–Kier alpha value is -2.36. The van der Waals surface area contributed by atoms with Crippen LogP contribution >= 0.6 is 0 Å². The minimum absolute atomic E-state index is 0.00890. The van der Waals surface area contributed by atoms with Crippen molar-refractivity contribution < 1.29 is 9.32 Å². The molecule has 0 radical (unpaired) electrons. The summed E-state index contributed by atoms with van der Waals surface area (Å²) in [7, 11) is 0. The van der Waals surface area contributed by atoms with Gasteiger partial charge in [0.2, 0.25) is 0 Å². The molecule has 1 aromatic carbocycles. The van der Waals surface area contributed by atoms with Gasteiger partial charge in [-0.25, -0.2) is 0 Å². The number of carbonyl (C=O) groups is 1. The van der Waals surface area contributed by atoms with Crippen molar-refractivity contribution in [2.45, 2.75) is 20.3 Å². The lowest BCUT2D eigenvalue weighted by molar-refractivity contribution is 0.0770. The highest BCUT2D eigenvalue weighted by molar-refractivity contribution is 5.96. The average Bonchev–Trinajstić information content (AvgIpc) is 2.87. The molecule has 0 aliphatic carbocycles. The minimum Gasteiger partial charge on any atom is -0.361 e. The van der Waals surface area contributed by atoms with Gasteiger partial charge in [0, 0.05) is 13.1 Å². The van der Waals surface area contributed by atoms with E-state index in [1.807, 2.05) is 23.1 Å². The van der Waals surface area contributed by atoms with E-state index in [1.165, 1.54) is 11.1 Å². The molecule has 0 fully saturated rings. The molecule has 108 valence electrons. The first-order valence-corrected chi connectivity index (χ1v) is 7.13. The third-order valence-corrected chi connectivity index (χ3v) is 3.89. The maximum absolute atomic E-state index is 12.5. The van der Waals surface area contributed by atoms with Crippen LogP contribution in [0.25, 0.3) is 5.57 Å². The maximum atomic E-state index is 12.5. The molecule has 21 heavy (non-hydrogen) atoms. The Balaban J connectivity index is 1.77. The summed E-state index contributed by atoms with van der Waals surface area (Å²) in [5.74, 6) is 0.602. The number of hydrogen-bond acceptors (Lipinski definition) is 3. The van der Waals surface area contributed by atoms with Crippen LogP contribution in [0.4, 0.5) is 0 Å². The lowest BCUT2D eigenvalue weighted by Crippen LogP contribution is -2.35. The second-order valence-electron chi connectivity index (χ2n) is 5.30. The Morgan fingerprint density at radius 2 is 2.00 bits per heavy atom. The summed E-state index contributed by atoms with van der Waals surface area (Å²) in [5.41, 5.74) is 3.81. The van der Waals surface area contributed by atoms with Crippen LogP contribution in [-0.2, 0) is 0 Å². The van der Waals surface area contributed by atoms with Crippen molar-refractivity contribution in [2.24, 2.45) is 0 Å². The Morgan fingerprint density at radius 3 is 2.57 bits per heavy atom. The fraction of sp³-hybridized carbons (Fsp3) is 0.294. The van der Waals surface area contributed by atoms with E-state index in [0.717, 1.165) is 13.0 Å². The molecule has 2 heterocycles. The van der Waals surface area contributed by atoms with Gasteiger partial charge in [0.25, 0.3) is 5.91 Å². The summed E-state index contributed by atoms with van der Waals surface area (Å²) in [6.07, 6.45) is 3.01. The van der Waals surface area contributed by atoms with E-state index in [-0.39, 0.29) is 5.91 Å². The zero-order valence-electron chi connectivity index (χ0n) is 12.3. The van der Waals surface area contributed by atoms with Crippen LogP contribution in [0, 0.1) is 13.8 Å². The van der Waals surface area contributed by atoms with Crippen LogP contribution in [0.3, 0.4) is 0 Å². The normalized spacial score (nSPS) is 15.0. The summed E-state index contributed by atoms with van der Waals surface area (Å²) >= 11 is 0. The van der Waals surface area contributed by atoms with Gasteiger partial charge >= 0.3 is 0 Å². The van der Waals surface area contributed by atoms with Crippen molar-refractivity contribution in [2.75, 3.05) is 13.1 Å². The van der Waals surface area contributed by atoms with Crippen LogP contribution in [0.1, 0.15) is 33.8 Å². The lowest BCUT2D eigenvalue weighted by atomic mass is 9.99. The van der Waals surface area contributed by atoms with Crippen molar-refractivity contribution >= 4 is 11.5 Å². The van der Waals surface area contributed by atoms with E-state index in [2.05, 4.69) is 23.4 Å². The first kappa shape index (κ1) is 13.6. The van der Waals surface area contributed by atoms with Crippen molar-refractivity contribution in [1.29, 1.82) is 0 Å². The van der Waals surface area contributed by atoms with Gasteiger partial charge in [-0.2, -0.15) is 0 Å². The maximum Gasteiger partial charge on any atom is 0.259 e. The largest absolute Gasteiger partial charge is 0.361 e. The predicted octanol–water partition coefficient (Wildman–Crippen LogP) is 3.22. The summed E-state index contributed by atoms with van der Waals surface area (Å²) in [6, 6.07) is 10.3. The fourth-order valence-corrected chi connectivity index (χ4v) is 2.71. The second-order valence-corrected chi connectivity index (χ2v) is 5.30. The van der Waals surface area contributed by atoms with Crippen LogP contribution < -0.4 is 0 Å². The highest BCUT2D eigenvalue weighted by Crippen LogP contribution is 2.24. The van der Waals surface area contributed by atoms with Crippen LogP contribution in [0.5, 0.6) is 0 Å². The Bertz CT molecular complexity index is 667. The lowest BCUT2D eigenvalue weighted by Gasteiger charge is -2.26. The summed E-state index contributed by atoms with van der Waals surface area (Å²) in [5, 5.41) is 3.86. The van der Waals surface area contributed by atoms with Crippen molar-refractivity contribution in [3.05, 3.63) is 59.0 Å². The number of nitrogens with zero attached hydrogens (tertiary/aromatic N) is 2. The zero-order chi connectivity index (χ0) is 14.8. The molecule has 0 saturated carbocycles. The number of carbonyl (C=O) groups excluding carboxylic acids is 1. The topological polar surface area (TPSA) is 46.3 Å². The molecule has 4 nitrogen and oxygen atoms in total. The predicted molar refractivity (Wildman–Crippen MR) is 80.9 cm³/mol. The van der Waals surface area contributed by atoms with E-state index in [9.17, 15) is 4.79 Å². The van der Waals surface area contributed by atoms with E-state index >= 15 is 0 Å². The third kappa shape index (κ3) is 2.61. The summed E-state index contributed by atoms with van der Waals surface area (Å²) in [6.45, 7) is 4.94. The van der Waals surface area contributed by atoms with Gasteiger partial charge in [-0.15, -0.1) is 0 Å². The Morgan fingerprint density at radius 1 is 1.24 bits per heavy atom. The number of rotatable bonds is 2. The molecule has 0 unspecified atom stereocenters. The molecule has 4 heteroatoms. The molecule has 0 atom stereocenters. The molecule has 0 saturated heterocycles. The van der Waals surface area contributed by atoms with Crippen LogP contribution in [-0.4, -0.2) is 29.1 Å². The molecule has 1 amide bonds.